The summed E-state index contributed by atoms with van der Waals surface area (Å²) < 4.78 is 7.20. The highest BCUT2D eigenvalue weighted by Crippen LogP contribution is 2.24. The van der Waals surface area contributed by atoms with E-state index in [0.717, 1.165) is 54.8 Å². The highest BCUT2D eigenvalue weighted by Gasteiger charge is 2.28. The van der Waals surface area contributed by atoms with Gasteiger partial charge in [-0.05, 0) is 23.6 Å². The van der Waals surface area contributed by atoms with Crippen LogP contribution in [0.2, 0.25) is 5.02 Å². The Labute approximate surface area is 181 Å². The van der Waals surface area contributed by atoms with Crippen molar-refractivity contribution in [1.82, 2.24) is 25.0 Å². The van der Waals surface area contributed by atoms with E-state index in [1.807, 2.05) is 18.2 Å². The Morgan fingerprint density at radius 3 is 2.77 bits per heavy atom. The van der Waals surface area contributed by atoms with E-state index in [0.29, 0.717) is 5.56 Å². The van der Waals surface area contributed by atoms with Crippen molar-refractivity contribution in [3.8, 4) is 0 Å². The van der Waals surface area contributed by atoms with Crippen LogP contribution in [0.4, 0.5) is 0 Å². The first-order valence-corrected chi connectivity index (χ1v) is 10.6. The van der Waals surface area contributed by atoms with Crippen LogP contribution in [0.3, 0.4) is 0 Å². The molecule has 0 bridgehead atoms. The predicted octanol–water partition coefficient (Wildman–Crippen LogP) is 3.71. The lowest BCUT2D eigenvalue weighted by Gasteiger charge is -2.23. The third-order valence-corrected chi connectivity index (χ3v) is 5.88. The molecule has 1 aliphatic rings. The highest BCUT2D eigenvalue weighted by atomic mass is 35.5. The first kappa shape index (κ1) is 20.6. The van der Waals surface area contributed by atoms with Crippen molar-refractivity contribution in [3.63, 3.8) is 0 Å². The summed E-state index contributed by atoms with van der Waals surface area (Å²) >= 11 is 6.34. The van der Waals surface area contributed by atoms with Crippen molar-refractivity contribution < 1.29 is 9.21 Å². The van der Waals surface area contributed by atoms with Gasteiger partial charge < -0.3 is 14.3 Å². The lowest BCUT2D eigenvalue weighted by Crippen LogP contribution is -2.34. The Morgan fingerprint density at radius 2 is 2.03 bits per heavy atom. The van der Waals surface area contributed by atoms with Gasteiger partial charge in [-0.1, -0.05) is 43.6 Å². The molecular weight excluding hydrogens is 402 g/mol. The zero-order valence-corrected chi connectivity index (χ0v) is 18.0. The van der Waals surface area contributed by atoms with Crippen molar-refractivity contribution in [1.29, 1.82) is 0 Å². The van der Waals surface area contributed by atoms with Gasteiger partial charge in [0.15, 0.2) is 5.82 Å². The van der Waals surface area contributed by atoms with Crippen LogP contribution in [-0.2, 0) is 19.5 Å². The second-order valence-electron chi connectivity index (χ2n) is 7.95. The smallest absolute Gasteiger partial charge is 0.255 e. The number of aromatic nitrogens is 3. The molecule has 30 heavy (non-hydrogen) atoms. The molecule has 3 heterocycles. The normalized spacial score (nSPS) is 15.6. The maximum atomic E-state index is 12.6. The van der Waals surface area contributed by atoms with Crippen LogP contribution in [0.25, 0.3) is 0 Å². The minimum Gasteiger partial charge on any atom is -0.472 e. The Morgan fingerprint density at radius 1 is 1.20 bits per heavy atom. The van der Waals surface area contributed by atoms with Gasteiger partial charge in [-0.2, -0.15) is 0 Å². The fourth-order valence-corrected chi connectivity index (χ4v) is 3.99. The first-order valence-electron chi connectivity index (χ1n) is 10.2. The molecule has 4 rings (SSSR count). The second-order valence-corrected chi connectivity index (χ2v) is 8.36. The van der Waals surface area contributed by atoms with Crippen LogP contribution in [-0.4, -0.2) is 38.7 Å². The Balaban J connectivity index is 1.49. The molecule has 0 radical (unpaired) electrons. The zero-order valence-electron chi connectivity index (χ0n) is 17.2. The monoisotopic (exact) mass is 427 g/mol. The molecule has 0 saturated carbocycles. The van der Waals surface area contributed by atoms with Crippen LogP contribution in [0, 0.1) is 5.92 Å². The van der Waals surface area contributed by atoms with E-state index in [-0.39, 0.29) is 17.9 Å². The lowest BCUT2D eigenvalue weighted by molar-refractivity contribution is 0.0921. The Kier molecular flexibility index (Phi) is 6.20. The maximum Gasteiger partial charge on any atom is 0.255 e. The molecule has 2 aromatic heterocycles. The fraction of sp³-hybridized carbons (Fsp3) is 0.409. The zero-order chi connectivity index (χ0) is 21.1. The van der Waals surface area contributed by atoms with Crippen molar-refractivity contribution in [2.75, 3.05) is 13.1 Å². The average molecular weight is 428 g/mol. The number of nitrogens with zero attached hydrogens (tertiary/aromatic N) is 4. The summed E-state index contributed by atoms with van der Waals surface area (Å²) in [6.45, 7) is 7.47. The van der Waals surface area contributed by atoms with E-state index >= 15 is 0 Å². The molecular formula is C22H26ClN5O2. The van der Waals surface area contributed by atoms with Crippen molar-refractivity contribution in [3.05, 3.63) is 70.7 Å². The first-order chi connectivity index (χ1) is 14.5. The number of carbonyl (C=O) groups is 1. The van der Waals surface area contributed by atoms with E-state index < -0.39 is 0 Å². The quantitative estimate of drug-likeness (QED) is 0.649. The highest BCUT2D eigenvalue weighted by molar-refractivity contribution is 6.31. The largest absolute Gasteiger partial charge is 0.472 e. The van der Waals surface area contributed by atoms with E-state index in [1.165, 1.54) is 12.5 Å². The van der Waals surface area contributed by atoms with Crippen molar-refractivity contribution >= 4 is 17.5 Å². The van der Waals surface area contributed by atoms with Crippen LogP contribution >= 0.6 is 11.6 Å². The van der Waals surface area contributed by atoms with Gasteiger partial charge in [-0.3, -0.25) is 9.69 Å². The van der Waals surface area contributed by atoms with Gasteiger partial charge in [0.2, 0.25) is 0 Å². The molecule has 7 nitrogen and oxygen atoms in total. The molecule has 1 aliphatic heterocycles. The SMILES string of the molecule is CC(C)C(NC(=O)c1ccoc1)c1nnc2n1CCN(Cc1ccccc1Cl)CC2. The number of fused-ring (bicyclic) bond motifs is 1. The van der Waals surface area contributed by atoms with Gasteiger partial charge >= 0.3 is 0 Å². The van der Waals surface area contributed by atoms with E-state index in [1.54, 1.807) is 6.07 Å². The van der Waals surface area contributed by atoms with Crippen LogP contribution in [0.15, 0.2) is 47.3 Å². The third kappa shape index (κ3) is 4.42. The number of amides is 1. The number of hydrogen-bond acceptors (Lipinski definition) is 5. The lowest BCUT2D eigenvalue weighted by atomic mass is 10.0. The van der Waals surface area contributed by atoms with Crippen molar-refractivity contribution in [2.45, 2.75) is 39.4 Å². The molecule has 1 aromatic carbocycles. The molecule has 0 saturated heterocycles. The van der Waals surface area contributed by atoms with E-state index in [4.69, 9.17) is 16.0 Å². The summed E-state index contributed by atoms with van der Waals surface area (Å²) in [6, 6.07) is 9.39. The average Bonchev–Trinajstić information content (AvgIpc) is 3.36. The number of carbonyl (C=O) groups excluding carboxylic acids is 1. The molecule has 158 valence electrons. The maximum absolute atomic E-state index is 12.6. The summed E-state index contributed by atoms with van der Waals surface area (Å²) in [4.78, 5) is 15.0. The molecule has 0 aliphatic carbocycles. The number of nitrogens with one attached hydrogen (secondary N) is 1. The number of furan rings is 1. The Hall–Kier alpha value is -2.64. The third-order valence-electron chi connectivity index (χ3n) is 5.51. The van der Waals surface area contributed by atoms with Gasteiger partial charge in [0.1, 0.15) is 12.1 Å². The number of halogens is 1. The molecule has 0 spiro atoms. The molecule has 8 heteroatoms. The Bertz CT molecular complexity index is 999. The summed E-state index contributed by atoms with van der Waals surface area (Å²) in [7, 11) is 0. The second kappa shape index (κ2) is 9.02. The summed E-state index contributed by atoms with van der Waals surface area (Å²) in [5.41, 5.74) is 1.63. The summed E-state index contributed by atoms with van der Waals surface area (Å²) in [5.74, 6) is 1.75. The van der Waals surface area contributed by atoms with Gasteiger partial charge in [-0.15, -0.1) is 10.2 Å². The van der Waals surface area contributed by atoms with Gasteiger partial charge in [0.05, 0.1) is 17.9 Å². The number of benzene rings is 1. The molecule has 0 fully saturated rings. The standard InChI is InChI=1S/C22H26ClN5O2/c1-15(2)20(24-22(29)17-8-12-30-14-17)21-26-25-19-7-9-27(10-11-28(19)21)13-16-5-3-4-6-18(16)23/h3-6,8,12,14-15,20H,7,9-11,13H2,1-2H3,(H,24,29). The van der Waals surface area contributed by atoms with Gasteiger partial charge in [0.25, 0.3) is 5.91 Å². The summed E-state index contributed by atoms with van der Waals surface area (Å²) in [5, 5.41) is 12.8. The van der Waals surface area contributed by atoms with Gasteiger partial charge in [0, 0.05) is 37.6 Å². The summed E-state index contributed by atoms with van der Waals surface area (Å²) in [6.07, 6.45) is 3.75. The van der Waals surface area contributed by atoms with Crippen LogP contribution < -0.4 is 5.32 Å². The minimum atomic E-state index is -0.233. The number of hydrogen-bond donors (Lipinski definition) is 1. The molecule has 3 aromatic rings. The minimum absolute atomic E-state index is 0.164. The van der Waals surface area contributed by atoms with Crippen LogP contribution in [0.5, 0.6) is 0 Å². The van der Waals surface area contributed by atoms with Crippen molar-refractivity contribution in [2.24, 2.45) is 5.92 Å². The van der Waals surface area contributed by atoms with E-state index in [9.17, 15) is 4.79 Å². The van der Waals surface area contributed by atoms with E-state index in [2.05, 4.69) is 44.9 Å². The molecule has 1 amide bonds. The fourth-order valence-electron chi connectivity index (χ4n) is 3.79. The number of rotatable bonds is 6. The molecule has 1 unspecified atom stereocenters. The topological polar surface area (TPSA) is 76.2 Å². The van der Waals surface area contributed by atoms with Crippen LogP contribution in [0.1, 0.15) is 47.5 Å². The molecule has 1 N–H and O–H groups in total. The van der Waals surface area contributed by atoms with Gasteiger partial charge in [-0.25, -0.2) is 0 Å². The molecule has 1 atom stereocenters. The predicted molar refractivity (Wildman–Crippen MR) is 114 cm³/mol.